The van der Waals surface area contributed by atoms with E-state index in [0.29, 0.717) is 5.69 Å². The first-order valence-corrected chi connectivity index (χ1v) is 6.51. The van der Waals surface area contributed by atoms with Crippen molar-refractivity contribution in [2.24, 2.45) is 0 Å². The second-order valence-corrected chi connectivity index (χ2v) is 5.02. The van der Waals surface area contributed by atoms with Crippen LogP contribution in [0.1, 0.15) is 12.6 Å². The molecule has 0 aliphatic heterocycles. The van der Waals surface area contributed by atoms with E-state index in [-0.39, 0.29) is 0 Å². The molecule has 1 aromatic carbocycles. The Hall–Kier alpha value is -1.55. The summed E-state index contributed by atoms with van der Waals surface area (Å²) < 4.78 is 0. The summed E-state index contributed by atoms with van der Waals surface area (Å²) in [4.78, 5) is 9.58. The van der Waals surface area contributed by atoms with Gasteiger partial charge in [-0.25, -0.2) is 9.97 Å². The molecule has 0 aliphatic carbocycles. The van der Waals surface area contributed by atoms with Crippen molar-refractivity contribution in [3.8, 4) is 11.3 Å². The Balaban J connectivity index is 2.36. The summed E-state index contributed by atoms with van der Waals surface area (Å²) >= 11 is 1.82. The van der Waals surface area contributed by atoms with Gasteiger partial charge in [0, 0.05) is 10.5 Å². The standard InChI is InChI=1S/C13H15N3S/c1-3-17-11-6-4-10(5-7-11)13-12(14)9(2)15-8-16-13/h4-8H,3,14H2,1-2H3. The largest absolute Gasteiger partial charge is 0.395 e. The number of hydrogen-bond donors (Lipinski definition) is 1. The molecule has 0 fully saturated rings. The molecule has 1 heterocycles. The van der Waals surface area contributed by atoms with Crippen molar-refractivity contribution in [1.29, 1.82) is 0 Å². The number of nitrogens with two attached hydrogens (primary N) is 1. The number of anilines is 1. The fourth-order valence-corrected chi connectivity index (χ4v) is 2.25. The molecule has 4 heteroatoms. The highest BCUT2D eigenvalue weighted by molar-refractivity contribution is 7.99. The summed E-state index contributed by atoms with van der Waals surface area (Å²) in [6.45, 7) is 4.03. The highest BCUT2D eigenvalue weighted by Gasteiger charge is 2.06. The number of thioether (sulfide) groups is 1. The summed E-state index contributed by atoms with van der Waals surface area (Å²) in [5, 5.41) is 0. The molecular weight excluding hydrogens is 230 g/mol. The zero-order valence-corrected chi connectivity index (χ0v) is 10.8. The Morgan fingerprint density at radius 3 is 2.53 bits per heavy atom. The lowest BCUT2D eigenvalue weighted by atomic mass is 10.1. The number of nitrogens with zero attached hydrogens (tertiary/aromatic N) is 2. The van der Waals surface area contributed by atoms with Gasteiger partial charge in [-0.05, 0) is 24.8 Å². The van der Waals surface area contributed by atoms with E-state index in [9.17, 15) is 0 Å². The number of aromatic nitrogens is 2. The number of aryl methyl sites for hydroxylation is 1. The van der Waals surface area contributed by atoms with E-state index in [2.05, 4.69) is 41.2 Å². The molecule has 0 unspecified atom stereocenters. The Kier molecular flexibility index (Phi) is 3.64. The quantitative estimate of drug-likeness (QED) is 0.844. The molecular formula is C13H15N3S. The van der Waals surface area contributed by atoms with Crippen LogP contribution in [-0.2, 0) is 0 Å². The average Bonchev–Trinajstić information content (AvgIpc) is 2.34. The third kappa shape index (κ3) is 2.58. The maximum Gasteiger partial charge on any atom is 0.116 e. The molecule has 0 atom stereocenters. The van der Waals surface area contributed by atoms with Gasteiger partial charge < -0.3 is 5.73 Å². The van der Waals surface area contributed by atoms with Crippen molar-refractivity contribution in [2.75, 3.05) is 11.5 Å². The lowest BCUT2D eigenvalue weighted by Gasteiger charge is -2.07. The van der Waals surface area contributed by atoms with Gasteiger partial charge >= 0.3 is 0 Å². The van der Waals surface area contributed by atoms with Crippen LogP contribution in [-0.4, -0.2) is 15.7 Å². The minimum absolute atomic E-state index is 0.656. The molecule has 0 spiro atoms. The van der Waals surface area contributed by atoms with Crippen LogP contribution in [0.15, 0.2) is 35.5 Å². The highest BCUT2D eigenvalue weighted by atomic mass is 32.2. The highest BCUT2D eigenvalue weighted by Crippen LogP contribution is 2.27. The van der Waals surface area contributed by atoms with E-state index in [1.807, 2.05) is 18.7 Å². The molecule has 0 amide bonds. The van der Waals surface area contributed by atoms with Gasteiger partial charge in [0.05, 0.1) is 17.1 Å². The fourth-order valence-electron chi connectivity index (χ4n) is 1.59. The van der Waals surface area contributed by atoms with Crippen LogP contribution < -0.4 is 5.73 Å². The van der Waals surface area contributed by atoms with E-state index in [4.69, 9.17) is 5.73 Å². The SMILES string of the molecule is CCSc1ccc(-c2ncnc(C)c2N)cc1. The van der Waals surface area contributed by atoms with Gasteiger partial charge in [-0.1, -0.05) is 19.1 Å². The number of benzene rings is 1. The molecule has 0 bridgehead atoms. The van der Waals surface area contributed by atoms with E-state index in [0.717, 1.165) is 22.7 Å². The van der Waals surface area contributed by atoms with Crippen molar-refractivity contribution in [3.05, 3.63) is 36.3 Å². The van der Waals surface area contributed by atoms with Crippen LogP contribution in [0.2, 0.25) is 0 Å². The third-order valence-corrected chi connectivity index (χ3v) is 3.42. The molecule has 2 rings (SSSR count). The van der Waals surface area contributed by atoms with E-state index in [1.165, 1.54) is 4.90 Å². The number of nitrogen functional groups attached to an aromatic ring is 1. The second-order valence-electron chi connectivity index (χ2n) is 3.68. The summed E-state index contributed by atoms with van der Waals surface area (Å²) in [6.07, 6.45) is 1.55. The van der Waals surface area contributed by atoms with Crippen molar-refractivity contribution in [2.45, 2.75) is 18.7 Å². The normalized spacial score (nSPS) is 10.5. The Morgan fingerprint density at radius 2 is 1.88 bits per heavy atom. The van der Waals surface area contributed by atoms with Crippen LogP contribution in [0.5, 0.6) is 0 Å². The van der Waals surface area contributed by atoms with Crippen LogP contribution in [0.4, 0.5) is 5.69 Å². The molecule has 0 radical (unpaired) electrons. The van der Waals surface area contributed by atoms with Crippen molar-refractivity contribution in [3.63, 3.8) is 0 Å². The van der Waals surface area contributed by atoms with Gasteiger partial charge in [-0.3, -0.25) is 0 Å². The molecule has 2 aromatic rings. The Morgan fingerprint density at radius 1 is 1.18 bits per heavy atom. The fraction of sp³-hybridized carbons (Fsp3) is 0.231. The summed E-state index contributed by atoms with van der Waals surface area (Å²) in [5.41, 5.74) is 9.30. The predicted molar refractivity (Wildman–Crippen MR) is 73.0 cm³/mol. The van der Waals surface area contributed by atoms with Gasteiger partial charge in [-0.15, -0.1) is 11.8 Å². The molecule has 0 saturated heterocycles. The first kappa shape index (κ1) is 11.9. The molecule has 0 aliphatic rings. The molecule has 1 aromatic heterocycles. The first-order valence-electron chi connectivity index (χ1n) is 5.52. The monoisotopic (exact) mass is 245 g/mol. The Labute approximate surface area is 105 Å². The zero-order chi connectivity index (χ0) is 12.3. The average molecular weight is 245 g/mol. The maximum atomic E-state index is 5.98. The van der Waals surface area contributed by atoms with Gasteiger partial charge in [0.25, 0.3) is 0 Å². The van der Waals surface area contributed by atoms with E-state index >= 15 is 0 Å². The summed E-state index contributed by atoms with van der Waals surface area (Å²) in [7, 11) is 0. The van der Waals surface area contributed by atoms with Gasteiger partial charge in [0.2, 0.25) is 0 Å². The lowest BCUT2D eigenvalue weighted by molar-refractivity contribution is 1.11. The van der Waals surface area contributed by atoms with Crippen LogP contribution >= 0.6 is 11.8 Å². The molecule has 0 saturated carbocycles. The summed E-state index contributed by atoms with van der Waals surface area (Å²) in [5.74, 6) is 1.08. The minimum atomic E-state index is 0.656. The third-order valence-electron chi connectivity index (χ3n) is 2.52. The molecule has 2 N–H and O–H groups in total. The summed E-state index contributed by atoms with van der Waals surface area (Å²) in [6, 6.07) is 8.30. The van der Waals surface area contributed by atoms with Crippen molar-refractivity contribution < 1.29 is 0 Å². The maximum absolute atomic E-state index is 5.98. The van der Waals surface area contributed by atoms with Crippen molar-refractivity contribution in [1.82, 2.24) is 9.97 Å². The predicted octanol–water partition coefficient (Wildman–Crippen LogP) is 3.15. The molecule has 17 heavy (non-hydrogen) atoms. The van der Waals surface area contributed by atoms with E-state index < -0.39 is 0 Å². The van der Waals surface area contributed by atoms with Crippen LogP contribution in [0.3, 0.4) is 0 Å². The Bertz CT molecular complexity index is 509. The van der Waals surface area contributed by atoms with Gasteiger partial charge in [0.1, 0.15) is 6.33 Å². The van der Waals surface area contributed by atoms with E-state index in [1.54, 1.807) is 6.33 Å². The van der Waals surface area contributed by atoms with Crippen LogP contribution in [0.25, 0.3) is 11.3 Å². The lowest BCUT2D eigenvalue weighted by Crippen LogP contribution is -1.98. The number of hydrogen-bond acceptors (Lipinski definition) is 4. The first-order chi connectivity index (χ1) is 8.22. The number of rotatable bonds is 3. The molecule has 3 nitrogen and oxygen atoms in total. The van der Waals surface area contributed by atoms with Crippen LogP contribution in [0, 0.1) is 6.92 Å². The molecule has 88 valence electrons. The second kappa shape index (κ2) is 5.19. The van der Waals surface area contributed by atoms with Gasteiger partial charge in [-0.2, -0.15) is 0 Å². The van der Waals surface area contributed by atoms with Crippen molar-refractivity contribution >= 4 is 17.4 Å². The topological polar surface area (TPSA) is 51.8 Å². The zero-order valence-electron chi connectivity index (χ0n) is 9.97. The smallest absolute Gasteiger partial charge is 0.116 e. The van der Waals surface area contributed by atoms with Gasteiger partial charge in [0.15, 0.2) is 0 Å². The minimum Gasteiger partial charge on any atom is -0.395 e.